The predicted octanol–water partition coefficient (Wildman–Crippen LogP) is 1.06. The van der Waals surface area contributed by atoms with Crippen LogP contribution in [0.5, 0.6) is 0 Å². The summed E-state index contributed by atoms with van der Waals surface area (Å²) in [4.78, 5) is 53.5. The molecule has 5 N–H and O–H groups in total. The van der Waals surface area contributed by atoms with Crippen molar-refractivity contribution in [3.63, 3.8) is 0 Å². The smallest absolute Gasteiger partial charge is 0.321 e. The summed E-state index contributed by atoms with van der Waals surface area (Å²) >= 11 is 0. The molecule has 0 bridgehead atoms. The molecule has 0 spiro atoms. The van der Waals surface area contributed by atoms with Crippen molar-refractivity contribution in [2.24, 2.45) is 16.6 Å². The monoisotopic (exact) mass is 395 g/mol. The highest BCUT2D eigenvalue weighted by molar-refractivity contribution is 5.87. The van der Waals surface area contributed by atoms with Gasteiger partial charge >= 0.3 is 12.0 Å². The first-order valence-electron chi connectivity index (χ1n) is 8.99. The van der Waals surface area contributed by atoms with Crippen LogP contribution in [-0.2, 0) is 14.3 Å². The number of carbonyl (C=O) groups excluding carboxylic acids is 3. The van der Waals surface area contributed by atoms with Crippen molar-refractivity contribution >= 4 is 23.9 Å². The predicted molar refractivity (Wildman–Crippen MR) is 104 cm³/mol. The fraction of sp³-hybridized carbons (Fsp3) is 0.611. The lowest BCUT2D eigenvalue weighted by molar-refractivity contribution is -0.156. The van der Waals surface area contributed by atoms with Crippen molar-refractivity contribution in [1.29, 1.82) is 0 Å². The zero-order valence-corrected chi connectivity index (χ0v) is 17.0. The number of nitrogens with one attached hydrogen (secondary N) is 3. The number of urea groups is 1. The standard InChI is InChI=1S/C18H29N5O5/c1-6-18(5,13(19)25)10-17(3,4)14(26)28-8-7-20-16(27)23-15-21-11(2)9-12(24)22-15/h9H,6-8,10H2,1-5H3,(H2,19,25)(H3,20,21,22,23,24,27). The Bertz CT molecular complexity index is 789. The number of esters is 1. The van der Waals surface area contributed by atoms with Gasteiger partial charge in [0.15, 0.2) is 0 Å². The number of anilines is 1. The van der Waals surface area contributed by atoms with E-state index in [1.54, 1.807) is 27.7 Å². The zero-order chi connectivity index (χ0) is 21.5. The maximum absolute atomic E-state index is 12.3. The molecule has 10 nitrogen and oxygen atoms in total. The van der Waals surface area contributed by atoms with Crippen LogP contribution in [0.3, 0.4) is 0 Å². The topological polar surface area (TPSA) is 156 Å². The largest absolute Gasteiger partial charge is 0.463 e. The van der Waals surface area contributed by atoms with E-state index in [9.17, 15) is 19.2 Å². The lowest BCUT2D eigenvalue weighted by Crippen LogP contribution is -2.41. The Kier molecular flexibility index (Phi) is 7.71. The molecule has 3 amide bonds. The first-order chi connectivity index (χ1) is 12.9. The Morgan fingerprint density at radius 1 is 1.29 bits per heavy atom. The average Bonchev–Trinajstić information content (AvgIpc) is 2.56. The van der Waals surface area contributed by atoms with Crippen LogP contribution in [0.25, 0.3) is 0 Å². The van der Waals surface area contributed by atoms with Crippen LogP contribution in [0.2, 0.25) is 0 Å². The van der Waals surface area contributed by atoms with Gasteiger partial charge in [-0.15, -0.1) is 0 Å². The molecule has 0 radical (unpaired) electrons. The molecule has 0 saturated heterocycles. The summed E-state index contributed by atoms with van der Waals surface area (Å²) in [5.41, 5.74) is 3.82. The van der Waals surface area contributed by atoms with Crippen LogP contribution in [0, 0.1) is 17.8 Å². The molecule has 28 heavy (non-hydrogen) atoms. The Balaban J connectivity index is 2.47. The molecule has 156 valence electrons. The van der Waals surface area contributed by atoms with Gasteiger partial charge in [0.1, 0.15) is 6.61 Å². The number of nitrogens with two attached hydrogens (primary N) is 1. The van der Waals surface area contributed by atoms with Gasteiger partial charge in [-0.1, -0.05) is 13.8 Å². The Labute approximate surface area is 163 Å². The third-order valence-electron chi connectivity index (χ3n) is 4.48. The molecule has 1 unspecified atom stereocenters. The van der Waals surface area contributed by atoms with Crippen molar-refractivity contribution in [3.05, 3.63) is 22.1 Å². The second kappa shape index (κ2) is 9.34. The third kappa shape index (κ3) is 6.67. The lowest BCUT2D eigenvalue weighted by Gasteiger charge is -2.33. The third-order valence-corrected chi connectivity index (χ3v) is 4.48. The van der Waals surface area contributed by atoms with Crippen LogP contribution >= 0.6 is 0 Å². The van der Waals surface area contributed by atoms with Gasteiger partial charge in [-0.2, -0.15) is 0 Å². The van der Waals surface area contributed by atoms with E-state index in [0.717, 1.165) is 0 Å². The number of aryl methyl sites for hydroxylation is 1. The quantitative estimate of drug-likeness (QED) is 0.362. The van der Waals surface area contributed by atoms with Gasteiger partial charge in [0.05, 0.1) is 12.0 Å². The second-order valence-electron chi connectivity index (χ2n) is 7.59. The minimum absolute atomic E-state index is 0.0194. The van der Waals surface area contributed by atoms with Crippen molar-refractivity contribution < 1.29 is 19.1 Å². The number of H-pyrrole nitrogens is 1. The van der Waals surface area contributed by atoms with E-state index in [2.05, 4.69) is 20.6 Å². The number of ether oxygens (including phenoxy) is 1. The molecular formula is C18H29N5O5. The van der Waals surface area contributed by atoms with Crippen LogP contribution in [0.4, 0.5) is 10.7 Å². The molecule has 1 aromatic heterocycles. The SMILES string of the molecule is CCC(C)(CC(C)(C)C(=O)OCCNC(=O)Nc1nc(C)cc(=O)[nH]1)C(N)=O. The lowest BCUT2D eigenvalue weighted by atomic mass is 9.72. The van der Waals surface area contributed by atoms with Gasteiger partial charge in [-0.25, -0.2) is 9.78 Å². The molecule has 0 aliphatic carbocycles. The molecule has 10 heteroatoms. The van der Waals surface area contributed by atoms with E-state index in [0.29, 0.717) is 12.1 Å². The van der Waals surface area contributed by atoms with Gasteiger partial charge in [-0.3, -0.25) is 24.7 Å². The van der Waals surface area contributed by atoms with Crippen molar-refractivity contribution in [2.45, 2.75) is 47.5 Å². The van der Waals surface area contributed by atoms with E-state index < -0.39 is 28.7 Å². The van der Waals surface area contributed by atoms with E-state index >= 15 is 0 Å². The molecule has 0 saturated carbocycles. The maximum atomic E-state index is 12.3. The van der Waals surface area contributed by atoms with Gasteiger partial charge in [0, 0.05) is 17.2 Å². The maximum Gasteiger partial charge on any atom is 0.321 e. The van der Waals surface area contributed by atoms with E-state index in [-0.39, 0.29) is 31.1 Å². The molecular weight excluding hydrogens is 366 g/mol. The zero-order valence-electron chi connectivity index (χ0n) is 17.0. The van der Waals surface area contributed by atoms with Crippen LogP contribution < -0.4 is 21.9 Å². The second-order valence-corrected chi connectivity index (χ2v) is 7.59. The number of aromatic amines is 1. The van der Waals surface area contributed by atoms with Gasteiger partial charge in [0.25, 0.3) is 5.56 Å². The summed E-state index contributed by atoms with van der Waals surface area (Å²) in [5.74, 6) is -0.928. The van der Waals surface area contributed by atoms with E-state index in [1.165, 1.54) is 6.07 Å². The molecule has 1 atom stereocenters. The Hall–Kier alpha value is -2.91. The summed E-state index contributed by atoms with van der Waals surface area (Å²) < 4.78 is 5.21. The number of carbonyl (C=O) groups is 3. The molecule has 1 rings (SSSR count). The molecule has 0 fully saturated rings. The van der Waals surface area contributed by atoms with Gasteiger partial charge < -0.3 is 15.8 Å². The molecule has 1 heterocycles. The van der Waals surface area contributed by atoms with Gasteiger partial charge in [0.2, 0.25) is 11.9 Å². The number of hydrogen-bond donors (Lipinski definition) is 4. The summed E-state index contributed by atoms with van der Waals surface area (Å²) in [7, 11) is 0. The summed E-state index contributed by atoms with van der Waals surface area (Å²) in [6.07, 6.45) is 0.765. The highest BCUT2D eigenvalue weighted by Crippen LogP contribution is 2.37. The number of rotatable bonds is 9. The van der Waals surface area contributed by atoms with Crippen LogP contribution in [0.15, 0.2) is 10.9 Å². The van der Waals surface area contributed by atoms with E-state index in [4.69, 9.17) is 10.5 Å². The van der Waals surface area contributed by atoms with E-state index in [1.807, 2.05) is 6.92 Å². The minimum atomic E-state index is -0.910. The number of aromatic nitrogens is 2. The highest BCUT2D eigenvalue weighted by Gasteiger charge is 2.40. The number of primary amides is 1. The van der Waals surface area contributed by atoms with Crippen molar-refractivity contribution in [1.82, 2.24) is 15.3 Å². The van der Waals surface area contributed by atoms with Crippen LogP contribution in [0.1, 0.15) is 46.2 Å². The minimum Gasteiger partial charge on any atom is -0.463 e. The average molecular weight is 395 g/mol. The molecule has 0 aliphatic heterocycles. The molecule has 1 aromatic rings. The first kappa shape index (κ1) is 23.1. The fourth-order valence-electron chi connectivity index (χ4n) is 2.73. The normalized spacial score (nSPS) is 13.3. The Morgan fingerprint density at radius 2 is 1.93 bits per heavy atom. The number of nitrogens with zero attached hydrogens (tertiary/aromatic N) is 1. The first-order valence-corrected chi connectivity index (χ1v) is 8.99. The Morgan fingerprint density at radius 3 is 2.46 bits per heavy atom. The van der Waals surface area contributed by atoms with Crippen molar-refractivity contribution in [2.75, 3.05) is 18.5 Å². The fourth-order valence-corrected chi connectivity index (χ4v) is 2.73. The number of hydrogen-bond acceptors (Lipinski definition) is 6. The summed E-state index contributed by atoms with van der Waals surface area (Å²) in [5, 5.41) is 4.88. The molecule has 0 aromatic carbocycles. The highest BCUT2D eigenvalue weighted by atomic mass is 16.5. The summed E-state index contributed by atoms with van der Waals surface area (Å²) in [6.45, 7) is 8.57. The van der Waals surface area contributed by atoms with Crippen LogP contribution in [-0.4, -0.2) is 41.0 Å². The van der Waals surface area contributed by atoms with Crippen molar-refractivity contribution in [3.8, 4) is 0 Å². The summed E-state index contributed by atoms with van der Waals surface area (Å²) in [6, 6.07) is 0.697. The molecule has 0 aliphatic rings. The van der Waals surface area contributed by atoms with Gasteiger partial charge in [-0.05, 0) is 33.6 Å². The number of amides is 3.